The second-order valence-corrected chi connectivity index (χ2v) is 1.34. The zero-order valence-electron chi connectivity index (χ0n) is 23.1. The third-order valence-corrected chi connectivity index (χ3v) is 0. The summed E-state index contributed by atoms with van der Waals surface area (Å²) in [5.74, 6) is 0. The number of rotatable bonds is 0. The first kappa shape index (κ1) is 2830. The standard InChI is InChI=1S/3Na.H3O4P.36H2O/c;;;1-5(2,3)4;;;;;;;;;;;;;;;;;;;;;;;;;;;;;;;;;;;;/h;;;(H3,1,2,3,4);36*1H2/q3*+1;;;;;;;;;;;;;;;;;;;;;;;;;;;;;;;;;;;;;/p-3. The van der Waals surface area contributed by atoms with E-state index >= 15 is 0 Å². The summed E-state index contributed by atoms with van der Waals surface area (Å²) in [5, 5.41) is 0. The van der Waals surface area contributed by atoms with Gasteiger partial charge in [0.25, 0.3) is 0 Å². The van der Waals surface area contributed by atoms with Crippen molar-refractivity contribution in [1.29, 1.82) is 0 Å². The van der Waals surface area contributed by atoms with Gasteiger partial charge in [0.1, 0.15) is 0 Å². The molecule has 0 amide bonds. The van der Waals surface area contributed by atoms with Gasteiger partial charge in [0.15, 0.2) is 0 Å². The van der Waals surface area contributed by atoms with Crippen LogP contribution in [-0.4, -0.2) is 197 Å². The molecule has 0 atom stereocenters. The van der Waals surface area contributed by atoms with Gasteiger partial charge in [0.2, 0.25) is 0 Å². The molecule has 320 valence electrons. The molecule has 0 rings (SSSR count). The van der Waals surface area contributed by atoms with Crippen LogP contribution >= 0.6 is 7.82 Å². The molecule has 0 spiro atoms. The molecule has 40 nitrogen and oxygen atoms in total. The fraction of sp³-hybridized carbons (Fsp3) is 0. The van der Waals surface area contributed by atoms with Crippen molar-refractivity contribution >= 4 is 7.82 Å². The second kappa shape index (κ2) is 1450. The molecule has 44 heavy (non-hydrogen) atoms. The van der Waals surface area contributed by atoms with Crippen molar-refractivity contribution in [3.63, 3.8) is 0 Å². The Bertz CT molecular complexity index is 68.8. The minimum Gasteiger partial charge on any atom is -0.822 e. The monoisotopic (exact) mass is 812 g/mol. The Kier molecular flexibility index (Phi) is 93300. The molecule has 0 heterocycles. The number of hydrogen-bond acceptors (Lipinski definition) is 4. The van der Waals surface area contributed by atoms with Gasteiger partial charge in [-0.15, -0.1) is 0 Å². The van der Waals surface area contributed by atoms with E-state index in [0.717, 1.165) is 0 Å². The van der Waals surface area contributed by atoms with Gasteiger partial charge in [0, 0.05) is 0 Å². The molecule has 0 bridgehead atoms. The molecule has 0 aliphatic heterocycles. The van der Waals surface area contributed by atoms with Crippen LogP contribution in [0.1, 0.15) is 0 Å². The minimum absolute atomic E-state index is 0. The van der Waals surface area contributed by atoms with E-state index in [1.54, 1.807) is 0 Å². The van der Waals surface area contributed by atoms with Crippen LogP contribution in [0.25, 0.3) is 0 Å². The summed E-state index contributed by atoms with van der Waals surface area (Å²) in [6.45, 7) is 0. The van der Waals surface area contributed by atoms with Crippen molar-refractivity contribution in [2.75, 3.05) is 0 Å². The largest absolute Gasteiger partial charge is 1.00 e. The fourth-order valence-corrected chi connectivity index (χ4v) is 0. The Morgan fingerprint density at radius 2 is 0.182 bits per heavy atom. The van der Waals surface area contributed by atoms with Crippen LogP contribution < -0.4 is 103 Å². The van der Waals surface area contributed by atoms with E-state index in [4.69, 9.17) is 19.2 Å². The van der Waals surface area contributed by atoms with Gasteiger partial charge in [-0.25, -0.2) is 0 Å². The van der Waals surface area contributed by atoms with E-state index in [1.165, 1.54) is 0 Å². The molecular weight excluding hydrogens is 740 g/mol. The summed E-state index contributed by atoms with van der Waals surface area (Å²) in [4.78, 5) is 25.6. The molecule has 72 N–H and O–H groups in total. The molecular formula is H72Na3O40P. The van der Waals surface area contributed by atoms with Crippen molar-refractivity contribution in [2.45, 2.75) is 0 Å². The molecule has 0 saturated carbocycles. The maximum Gasteiger partial charge on any atom is 1.00 e. The summed E-state index contributed by atoms with van der Waals surface area (Å²) >= 11 is 0. The molecule has 0 aromatic heterocycles. The minimum atomic E-state index is -5.39. The second-order valence-electron chi connectivity index (χ2n) is 0.447. The first-order valence-electron chi connectivity index (χ1n) is 0.730. The van der Waals surface area contributed by atoms with Crippen LogP contribution in [0.2, 0.25) is 0 Å². The first-order chi connectivity index (χ1) is 2.00. The third-order valence-electron chi connectivity index (χ3n) is 0. The van der Waals surface area contributed by atoms with Crippen LogP contribution in [0.15, 0.2) is 0 Å². The van der Waals surface area contributed by atoms with Crippen LogP contribution in [0, 0.1) is 0 Å². The van der Waals surface area contributed by atoms with Crippen LogP contribution in [-0.2, 0) is 4.57 Å². The fourth-order valence-electron chi connectivity index (χ4n) is 0. The quantitative estimate of drug-likeness (QED) is 0.170. The van der Waals surface area contributed by atoms with Crippen molar-refractivity contribution in [3.05, 3.63) is 0 Å². The van der Waals surface area contributed by atoms with Crippen LogP contribution in [0.3, 0.4) is 0 Å². The van der Waals surface area contributed by atoms with Gasteiger partial charge in [-0.05, 0) is 0 Å². The zero-order chi connectivity index (χ0) is 4.50. The smallest absolute Gasteiger partial charge is 0.822 e. The SMILES string of the molecule is O.O.O.O.O.O.O.O.O.O.O.O.O.O.O.O.O.O.O.O.O.O.O.O.O.O.O.O.O.O.O.O.O.O.O.O.O=P([O-])([O-])[O-].[Na+].[Na+].[Na+]. The molecule has 44 heteroatoms. The van der Waals surface area contributed by atoms with Crippen molar-refractivity contribution < 1.29 is 305 Å². The summed E-state index contributed by atoms with van der Waals surface area (Å²) in [6, 6.07) is 0. The van der Waals surface area contributed by atoms with Crippen molar-refractivity contribution in [1.82, 2.24) is 0 Å². The van der Waals surface area contributed by atoms with E-state index in [9.17, 15) is 0 Å². The molecule has 0 aliphatic carbocycles. The summed E-state index contributed by atoms with van der Waals surface area (Å²) < 4.78 is 8.55. The molecule has 0 aromatic rings. The molecule has 0 fully saturated rings. The van der Waals surface area contributed by atoms with Gasteiger partial charge in [-0.3, -0.25) is 0 Å². The molecule has 0 aromatic carbocycles. The average Bonchev–Trinajstić information content (AvgIpc) is 0.722. The summed E-state index contributed by atoms with van der Waals surface area (Å²) in [6.07, 6.45) is 0. The van der Waals surface area contributed by atoms with Gasteiger partial charge in [0.05, 0.1) is 0 Å². The first-order valence-corrected chi connectivity index (χ1v) is 2.19. The molecule has 0 aliphatic rings. The number of phosphoric acid groups is 1. The average molecular weight is 812 g/mol. The molecule has 0 radical (unpaired) electrons. The predicted octanol–water partition coefficient (Wildman–Crippen LogP) is -41.5. The van der Waals surface area contributed by atoms with E-state index in [-0.39, 0.29) is 286 Å². The van der Waals surface area contributed by atoms with E-state index in [2.05, 4.69) is 0 Å². The van der Waals surface area contributed by atoms with E-state index in [0.29, 0.717) is 0 Å². The maximum absolute atomic E-state index is 8.55. The van der Waals surface area contributed by atoms with Gasteiger partial charge in [-0.1, -0.05) is 0 Å². The predicted molar refractivity (Wildman–Crippen MR) is 138 cm³/mol. The van der Waals surface area contributed by atoms with Gasteiger partial charge in [-0.2, -0.15) is 7.82 Å². The molecule has 0 unspecified atom stereocenters. The maximum atomic E-state index is 8.55. The Hall–Kier alpha value is 1.67. The Morgan fingerprint density at radius 3 is 0.182 bits per heavy atom. The topological polar surface area (TPSA) is 1220 Å². The zero-order valence-corrected chi connectivity index (χ0v) is 30.0. The normalized spacial score (nSPS) is 1.34. The summed E-state index contributed by atoms with van der Waals surface area (Å²) in [5.41, 5.74) is 0. The number of hydrogen-bond donors (Lipinski definition) is 0. The van der Waals surface area contributed by atoms with E-state index in [1.807, 2.05) is 0 Å². The van der Waals surface area contributed by atoms with Crippen LogP contribution in [0.5, 0.6) is 0 Å². The third kappa shape index (κ3) is 28500. The van der Waals surface area contributed by atoms with Gasteiger partial charge < -0.3 is 216 Å². The van der Waals surface area contributed by atoms with Crippen LogP contribution in [0.4, 0.5) is 0 Å². The molecule has 0 saturated heterocycles. The Balaban J connectivity index is -0.000000000108. The van der Waals surface area contributed by atoms with E-state index < -0.39 is 7.82 Å². The summed E-state index contributed by atoms with van der Waals surface area (Å²) in [7, 11) is -5.39. The van der Waals surface area contributed by atoms with Crippen molar-refractivity contribution in [2.24, 2.45) is 0 Å². The van der Waals surface area contributed by atoms with Gasteiger partial charge >= 0.3 is 88.7 Å². The Morgan fingerprint density at radius 1 is 0.182 bits per heavy atom. The Labute approximate surface area is 311 Å². The van der Waals surface area contributed by atoms with Crippen molar-refractivity contribution in [3.8, 4) is 0 Å².